The van der Waals surface area contributed by atoms with Gasteiger partial charge in [-0.05, 0) is 72.1 Å². The molecule has 0 saturated carbocycles. The molecule has 240 valence electrons. The molecule has 0 aliphatic carbocycles. The molecule has 0 fully saturated rings. The smallest absolute Gasteiger partial charge is 0.296 e. The monoisotopic (exact) mass is 678 g/mol. The number of rotatable bonds is 8. The molecule has 0 amide bonds. The number of phenolic OH excluding ortho intramolecular Hbond substituents is 3. The molecular formula is C28H22N8O9S2. The predicted molar refractivity (Wildman–Crippen MR) is 169 cm³/mol. The zero-order chi connectivity index (χ0) is 34.1. The van der Waals surface area contributed by atoms with Gasteiger partial charge in [0.05, 0.1) is 33.0 Å². The van der Waals surface area contributed by atoms with Crippen molar-refractivity contribution in [1.82, 2.24) is 0 Å². The van der Waals surface area contributed by atoms with Crippen molar-refractivity contribution in [1.29, 1.82) is 0 Å². The van der Waals surface area contributed by atoms with Crippen molar-refractivity contribution in [3.63, 3.8) is 0 Å². The van der Waals surface area contributed by atoms with Gasteiger partial charge >= 0.3 is 0 Å². The van der Waals surface area contributed by atoms with Gasteiger partial charge in [-0.25, -0.2) is 0 Å². The first-order chi connectivity index (χ1) is 22.1. The molecule has 0 aliphatic rings. The fraction of sp³-hybridized carbons (Fsp3) is 0. The first-order valence-electron chi connectivity index (χ1n) is 12.9. The maximum Gasteiger partial charge on any atom is 0.296 e. The number of hydrogen-bond acceptors (Lipinski definition) is 15. The zero-order valence-electron chi connectivity index (χ0n) is 23.5. The van der Waals surface area contributed by atoms with Crippen LogP contribution in [0.5, 0.6) is 17.2 Å². The summed E-state index contributed by atoms with van der Waals surface area (Å²) in [5.74, 6) is -1.71. The maximum absolute atomic E-state index is 12.4. The molecule has 17 nitrogen and oxygen atoms in total. The molecule has 0 saturated heterocycles. The number of benzene rings is 5. The van der Waals surface area contributed by atoms with Crippen molar-refractivity contribution in [2.75, 3.05) is 11.5 Å². The van der Waals surface area contributed by atoms with Gasteiger partial charge in [0.15, 0.2) is 5.75 Å². The van der Waals surface area contributed by atoms with Gasteiger partial charge in [0.2, 0.25) is 0 Å². The first-order valence-corrected chi connectivity index (χ1v) is 15.8. The van der Waals surface area contributed by atoms with E-state index in [4.69, 9.17) is 11.5 Å². The molecule has 0 radical (unpaired) electrons. The normalized spacial score (nSPS) is 12.6. The summed E-state index contributed by atoms with van der Waals surface area (Å²) in [5.41, 5.74) is 11.7. The minimum absolute atomic E-state index is 0.108. The van der Waals surface area contributed by atoms with E-state index in [1.165, 1.54) is 36.4 Å². The van der Waals surface area contributed by atoms with Crippen LogP contribution in [0.25, 0.3) is 10.8 Å². The molecule has 5 aromatic rings. The molecule has 0 heterocycles. The third kappa shape index (κ3) is 7.28. The summed E-state index contributed by atoms with van der Waals surface area (Å²) >= 11 is 0. The minimum atomic E-state index is -5.12. The van der Waals surface area contributed by atoms with E-state index in [1.54, 1.807) is 18.2 Å². The Kier molecular flexibility index (Phi) is 8.54. The van der Waals surface area contributed by atoms with E-state index in [0.29, 0.717) is 11.4 Å². The standard InChI is InChI=1S/C28H22N8O9S2/c29-15-4-6-21(20(30)10-15)33-31-16-2-1-3-17(11-16)32-36-27-25(47(43,44)45)9-14-8-19(46(40,41)42)13-23(26(14)28(27)39)35-34-22-7-5-18(37)12-24(22)38/h1-13,37-39H,29-30H2,(H,40,41,42)(H,43,44,45). The lowest BCUT2D eigenvalue weighted by atomic mass is 10.1. The Hall–Kier alpha value is -6.02. The fourth-order valence-corrected chi connectivity index (χ4v) is 5.36. The largest absolute Gasteiger partial charge is 0.508 e. The average molecular weight is 679 g/mol. The number of azo groups is 3. The number of phenols is 3. The highest BCUT2D eigenvalue weighted by molar-refractivity contribution is 7.86. The van der Waals surface area contributed by atoms with E-state index in [-0.39, 0.29) is 39.3 Å². The topological polar surface area (TPSA) is 296 Å². The quantitative estimate of drug-likeness (QED) is 0.0505. The molecule has 19 heteroatoms. The highest BCUT2D eigenvalue weighted by atomic mass is 32.2. The molecule has 0 bridgehead atoms. The first kappa shape index (κ1) is 32.4. The summed E-state index contributed by atoms with van der Waals surface area (Å²) in [4.78, 5) is -1.73. The molecule has 5 aromatic carbocycles. The van der Waals surface area contributed by atoms with Gasteiger partial charge in [-0.2, -0.15) is 27.1 Å². The second-order valence-corrected chi connectivity index (χ2v) is 12.5. The van der Waals surface area contributed by atoms with E-state index in [1.807, 2.05) is 0 Å². The van der Waals surface area contributed by atoms with E-state index in [2.05, 4.69) is 30.7 Å². The Balaban J connectivity index is 1.64. The molecule has 0 aliphatic heterocycles. The van der Waals surface area contributed by atoms with Gasteiger partial charge in [-0.1, -0.05) is 6.07 Å². The number of nitrogens with two attached hydrogens (primary N) is 2. The molecule has 0 aromatic heterocycles. The van der Waals surface area contributed by atoms with Crippen LogP contribution >= 0.6 is 0 Å². The van der Waals surface area contributed by atoms with E-state index in [9.17, 15) is 41.3 Å². The number of hydrogen-bond donors (Lipinski definition) is 7. The van der Waals surface area contributed by atoms with Crippen LogP contribution in [0.15, 0.2) is 119 Å². The van der Waals surface area contributed by atoms with Crippen molar-refractivity contribution in [2.24, 2.45) is 30.7 Å². The van der Waals surface area contributed by atoms with Crippen molar-refractivity contribution in [3.8, 4) is 17.2 Å². The maximum atomic E-state index is 12.4. The van der Waals surface area contributed by atoms with Crippen LogP contribution < -0.4 is 11.5 Å². The summed E-state index contributed by atoms with van der Waals surface area (Å²) in [5, 5.41) is 53.9. The van der Waals surface area contributed by atoms with Crippen LogP contribution in [0.1, 0.15) is 0 Å². The highest BCUT2D eigenvalue weighted by Crippen LogP contribution is 2.46. The lowest BCUT2D eigenvalue weighted by Crippen LogP contribution is -2.01. The second-order valence-electron chi connectivity index (χ2n) is 9.67. The summed E-state index contributed by atoms with van der Waals surface area (Å²) in [6, 6.07) is 16.4. The Bertz CT molecular complexity index is 2380. The Labute approximate surface area is 265 Å². The lowest BCUT2D eigenvalue weighted by molar-refractivity contribution is 0.451. The number of fused-ring (bicyclic) bond motifs is 1. The third-order valence-corrected chi connectivity index (χ3v) is 8.02. The summed E-state index contributed by atoms with van der Waals surface area (Å²) < 4.78 is 68.4. The Morgan fingerprint density at radius 3 is 1.87 bits per heavy atom. The fourth-order valence-electron chi connectivity index (χ4n) is 4.16. The zero-order valence-corrected chi connectivity index (χ0v) is 25.2. The van der Waals surface area contributed by atoms with Crippen LogP contribution in [0.2, 0.25) is 0 Å². The van der Waals surface area contributed by atoms with E-state index in [0.717, 1.165) is 24.3 Å². The number of aromatic hydroxyl groups is 3. The van der Waals surface area contributed by atoms with Gasteiger partial charge < -0.3 is 26.8 Å². The van der Waals surface area contributed by atoms with Crippen molar-refractivity contribution in [2.45, 2.75) is 9.79 Å². The summed E-state index contributed by atoms with van der Waals surface area (Å²) in [6.07, 6.45) is 0. The third-order valence-electron chi connectivity index (χ3n) is 6.32. The predicted octanol–water partition coefficient (Wildman–Crippen LogP) is 6.86. The summed E-state index contributed by atoms with van der Waals surface area (Å²) in [6.45, 7) is 0. The molecule has 47 heavy (non-hydrogen) atoms. The lowest BCUT2D eigenvalue weighted by Gasteiger charge is -2.12. The van der Waals surface area contributed by atoms with Crippen molar-refractivity contribution < 1.29 is 41.3 Å². The number of nitrogens with zero attached hydrogens (tertiary/aromatic N) is 6. The molecule has 0 unspecified atom stereocenters. The van der Waals surface area contributed by atoms with Crippen LogP contribution in [-0.4, -0.2) is 41.3 Å². The number of nitrogen functional groups attached to an aromatic ring is 2. The van der Waals surface area contributed by atoms with Gasteiger partial charge in [-0.3, -0.25) is 9.11 Å². The minimum Gasteiger partial charge on any atom is -0.508 e. The number of anilines is 2. The molecule has 9 N–H and O–H groups in total. The van der Waals surface area contributed by atoms with E-state index >= 15 is 0 Å². The van der Waals surface area contributed by atoms with Gasteiger partial charge in [-0.15, -0.1) is 20.5 Å². The van der Waals surface area contributed by atoms with Crippen LogP contribution in [-0.2, 0) is 20.2 Å². The summed E-state index contributed by atoms with van der Waals surface area (Å²) in [7, 11) is -10.0. The van der Waals surface area contributed by atoms with Crippen LogP contribution in [0, 0.1) is 0 Å². The van der Waals surface area contributed by atoms with Gasteiger partial charge in [0.25, 0.3) is 20.2 Å². The molecule has 0 spiro atoms. The second kappa shape index (κ2) is 12.4. The Morgan fingerprint density at radius 1 is 0.596 bits per heavy atom. The Morgan fingerprint density at radius 2 is 1.23 bits per heavy atom. The van der Waals surface area contributed by atoms with E-state index < -0.39 is 52.9 Å². The highest BCUT2D eigenvalue weighted by Gasteiger charge is 2.25. The van der Waals surface area contributed by atoms with Crippen molar-refractivity contribution in [3.05, 3.63) is 78.9 Å². The molecular weight excluding hydrogens is 656 g/mol. The molecule has 0 atom stereocenters. The van der Waals surface area contributed by atoms with Gasteiger partial charge in [0.1, 0.15) is 33.5 Å². The van der Waals surface area contributed by atoms with Crippen molar-refractivity contribution >= 4 is 76.5 Å². The van der Waals surface area contributed by atoms with Crippen LogP contribution in [0.4, 0.5) is 45.5 Å². The SMILES string of the molecule is Nc1ccc(N=Nc2cccc(N=Nc3c(S(=O)(=O)O)cc4cc(S(=O)(=O)O)cc(N=Nc5ccc(O)cc5O)c4c3O)c2)c(N)c1. The molecule has 5 rings (SSSR count). The van der Waals surface area contributed by atoms with Gasteiger partial charge in [0, 0.05) is 11.8 Å². The average Bonchev–Trinajstić information content (AvgIpc) is 2.98. The van der Waals surface area contributed by atoms with Crippen LogP contribution in [0.3, 0.4) is 0 Å².